The van der Waals surface area contributed by atoms with Crippen LogP contribution in [-0.2, 0) is 24.2 Å². The molecule has 1 aromatic carbocycles. The highest BCUT2D eigenvalue weighted by molar-refractivity contribution is 5.78. The number of aryl methyl sites for hydroxylation is 1. The van der Waals surface area contributed by atoms with E-state index < -0.39 is 0 Å². The molecule has 0 spiro atoms. The number of fused-ring (bicyclic) bond motifs is 1. The fourth-order valence-electron chi connectivity index (χ4n) is 3.17. The summed E-state index contributed by atoms with van der Waals surface area (Å²) in [5.41, 5.74) is 4.41. The predicted octanol–water partition coefficient (Wildman–Crippen LogP) is 1.89. The zero-order valence-electron chi connectivity index (χ0n) is 11.6. The first kappa shape index (κ1) is 12.7. The zero-order chi connectivity index (χ0) is 13.2. The van der Waals surface area contributed by atoms with E-state index in [-0.39, 0.29) is 5.91 Å². The predicted molar refractivity (Wildman–Crippen MR) is 76.0 cm³/mol. The van der Waals surface area contributed by atoms with Crippen molar-refractivity contribution in [3.05, 3.63) is 34.9 Å². The smallest absolute Gasteiger partial charge is 0.220 e. The van der Waals surface area contributed by atoms with Crippen molar-refractivity contribution in [1.29, 1.82) is 0 Å². The molecule has 3 nitrogen and oxygen atoms in total. The van der Waals surface area contributed by atoms with Crippen molar-refractivity contribution < 1.29 is 4.79 Å². The van der Waals surface area contributed by atoms with Gasteiger partial charge in [-0.2, -0.15) is 0 Å². The number of benzene rings is 1. The number of carbonyl (C=O) groups excluding carboxylic acids is 1. The molecule has 0 bridgehead atoms. The molecule has 2 heterocycles. The Kier molecular flexibility index (Phi) is 3.56. The monoisotopic (exact) mass is 258 g/mol. The molecule has 0 saturated carbocycles. The lowest BCUT2D eigenvalue weighted by atomic mass is 9.96. The van der Waals surface area contributed by atoms with E-state index in [4.69, 9.17) is 0 Å². The van der Waals surface area contributed by atoms with Crippen molar-refractivity contribution in [2.45, 2.75) is 45.2 Å². The summed E-state index contributed by atoms with van der Waals surface area (Å²) in [6.07, 6.45) is 3.94. The van der Waals surface area contributed by atoms with Crippen molar-refractivity contribution in [1.82, 2.24) is 10.2 Å². The highest BCUT2D eigenvalue weighted by Gasteiger charge is 2.25. The van der Waals surface area contributed by atoms with E-state index in [2.05, 4.69) is 35.3 Å². The van der Waals surface area contributed by atoms with E-state index in [0.29, 0.717) is 12.5 Å². The van der Waals surface area contributed by atoms with Crippen LogP contribution in [0.3, 0.4) is 0 Å². The molecule has 2 aliphatic heterocycles. The summed E-state index contributed by atoms with van der Waals surface area (Å²) in [6.45, 7) is 5.36. The molecule has 2 aliphatic rings. The number of nitrogens with one attached hydrogen (secondary N) is 1. The van der Waals surface area contributed by atoms with Gasteiger partial charge in [0.2, 0.25) is 5.91 Å². The van der Waals surface area contributed by atoms with Gasteiger partial charge in [0, 0.05) is 32.1 Å². The Morgan fingerprint density at radius 2 is 2.21 bits per heavy atom. The third-order valence-corrected chi connectivity index (χ3v) is 4.33. The summed E-state index contributed by atoms with van der Waals surface area (Å²) in [4.78, 5) is 13.7. The Morgan fingerprint density at radius 3 is 2.95 bits per heavy atom. The fraction of sp³-hybridized carbons (Fsp3) is 0.562. The average molecular weight is 258 g/mol. The maximum absolute atomic E-state index is 11.2. The number of hydrogen-bond acceptors (Lipinski definition) is 2. The Balaban J connectivity index is 1.65. The summed E-state index contributed by atoms with van der Waals surface area (Å²) < 4.78 is 0. The van der Waals surface area contributed by atoms with Crippen molar-refractivity contribution in [2.24, 2.45) is 0 Å². The molecule has 1 aromatic rings. The van der Waals surface area contributed by atoms with Gasteiger partial charge in [-0.05, 0) is 36.0 Å². The minimum Gasteiger partial charge on any atom is -0.352 e. The van der Waals surface area contributed by atoms with E-state index in [1.54, 1.807) is 0 Å². The molecule has 1 amide bonds. The zero-order valence-corrected chi connectivity index (χ0v) is 11.6. The summed E-state index contributed by atoms with van der Waals surface area (Å²) in [7, 11) is 0. The number of nitrogens with zero attached hydrogens (tertiary/aromatic N) is 1. The van der Waals surface area contributed by atoms with E-state index in [1.807, 2.05) is 0 Å². The third-order valence-electron chi connectivity index (χ3n) is 4.33. The van der Waals surface area contributed by atoms with Gasteiger partial charge in [0.05, 0.1) is 0 Å². The van der Waals surface area contributed by atoms with Gasteiger partial charge >= 0.3 is 0 Å². The van der Waals surface area contributed by atoms with Gasteiger partial charge in [-0.15, -0.1) is 0 Å². The molecular formula is C16H22N2O. The topological polar surface area (TPSA) is 32.3 Å². The van der Waals surface area contributed by atoms with Crippen LogP contribution < -0.4 is 5.32 Å². The van der Waals surface area contributed by atoms with Crippen LogP contribution in [0.15, 0.2) is 18.2 Å². The van der Waals surface area contributed by atoms with Crippen LogP contribution in [0, 0.1) is 0 Å². The third kappa shape index (κ3) is 2.81. The van der Waals surface area contributed by atoms with Gasteiger partial charge in [0.25, 0.3) is 0 Å². The first-order chi connectivity index (χ1) is 9.24. The second-order valence-electron chi connectivity index (χ2n) is 5.74. The van der Waals surface area contributed by atoms with Gasteiger partial charge in [-0.3, -0.25) is 9.69 Å². The van der Waals surface area contributed by atoms with Crippen molar-refractivity contribution in [3.8, 4) is 0 Å². The lowest BCUT2D eigenvalue weighted by Crippen LogP contribution is -2.41. The lowest BCUT2D eigenvalue weighted by molar-refractivity contribution is -0.119. The first-order valence-corrected chi connectivity index (χ1v) is 7.37. The van der Waals surface area contributed by atoms with Gasteiger partial charge in [-0.1, -0.05) is 25.1 Å². The van der Waals surface area contributed by atoms with Crippen molar-refractivity contribution in [3.63, 3.8) is 0 Å². The minimum atomic E-state index is 0.218. The summed E-state index contributed by atoms with van der Waals surface area (Å²) >= 11 is 0. The Bertz CT molecular complexity index is 484. The fourth-order valence-corrected chi connectivity index (χ4v) is 3.17. The van der Waals surface area contributed by atoms with Crippen LogP contribution in [0.5, 0.6) is 0 Å². The van der Waals surface area contributed by atoms with Gasteiger partial charge < -0.3 is 5.32 Å². The highest BCUT2D eigenvalue weighted by Crippen LogP contribution is 2.21. The highest BCUT2D eigenvalue weighted by atomic mass is 16.1. The lowest BCUT2D eigenvalue weighted by Gasteiger charge is -2.31. The minimum absolute atomic E-state index is 0.218. The molecule has 0 aromatic heterocycles. The van der Waals surface area contributed by atoms with Gasteiger partial charge in [-0.25, -0.2) is 0 Å². The maximum atomic E-state index is 11.2. The van der Waals surface area contributed by atoms with Crippen LogP contribution in [-0.4, -0.2) is 29.9 Å². The number of hydrogen-bond donors (Lipinski definition) is 1. The summed E-state index contributed by atoms with van der Waals surface area (Å²) in [5.74, 6) is 0.218. The van der Waals surface area contributed by atoms with Gasteiger partial charge in [0.15, 0.2) is 0 Å². The summed E-state index contributed by atoms with van der Waals surface area (Å²) in [5, 5.41) is 3.07. The number of rotatable bonds is 3. The molecule has 102 valence electrons. The standard InChI is InChI=1S/C16H22N2O/c1-2-12-3-4-13-7-8-18(10-14(13)9-12)11-15-5-6-16(19)17-15/h3-4,9,15H,2,5-8,10-11H2,1H3,(H,17,19)/t15-/m0/s1. The molecule has 19 heavy (non-hydrogen) atoms. The van der Waals surface area contributed by atoms with Crippen LogP contribution in [0.2, 0.25) is 0 Å². The Morgan fingerprint density at radius 1 is 1.32 bits per heavy atom. The summed E-state index contributed by atoms with van der Waals surface area (Å²) in [6, 6.07) is 7.27. The van der Waals surface area contributed by atoms with Crippen LogP contribution >= 0.6 is 0 Å². The van der Waals surface area contributed by atoms with Crippen molar-refractivity contribution >= 4 is 5.91 Å². The number of carbonyl (C=O) groups is 1. The first-order valence-electron chi connectivity index (χ1n) is 7.37. The molecule has 1 N–H and O–H groups in total. The van der Waals surface area contributed by atoms with Crippen LogP contribution in [0.1, 0.15) is 36.5 Å². The Hall–Kier alpha value is -1.35. The largest absolute Gasteiger partial charge is 0.352 e. The van der Waals surface area contributed by atoms with E-state index in [9.17, 15) is 4.79 Å². The molecule has 1 fully saturated rings. The molecule has 3 heteroatoms. The van der Waals surface area contributed by atoms with Crippen LogP contribution in [0.25, 0.3) is 0 Å². The van der Waals surface area contributed by atoms with Crippen LogP contribution in [0.4, 0.5) is 0 Å². The SMILES string of the molecule is CCc1ccc2c(c1)CN(C[C@@H]1CCC(=O)N1)CC2. The average Bonchev–Trinajstić information content (AvgIpc) is 2.83. The van der Waals surface area contributed by atoms with Crippen molar-refractivity contribution in [2.75, 3.05) is 13.1 Å². The molecule has 1 atom stereocenters. The molecule has 3 rings (SSSR count). The molecule has 0 aliphatic carbocycles. The second kappa shape index (κ2) is 5.33. The molecule has 0 radical (unpaired) electrons. The quantitative estimate of drug-likeness (QED) is 0.898. The Labute approximate surface area is 115 Å². The van der Waals surface area contributed by atoms with E-state index in [1.165, 1.54) is 16.7 Å². The second-order valence-corrected chi connectivity index (χ2v) is 5.74. The van der Waals surface area contributed by atoms with Gasteiger partial charge in [0.1, 0.15) is 0 Å². The number of amides is 1. The van der Waals surface area contributed by atoms with E-state index >= 15 is 0 Å². The molecule has 1 saturated heterocycles. The molecular weight excluding hydrogens is 236 g/mol. The maximum Gasteiger partial charge on any atom is 0.220 e. The molecule has 0 unspecified atom stereocenters. The van der Waals surface area contributed by atoms with E-state index in [0.717, 1.165) is 38.9 Å². The normalized spacial score (nSPS) is 23.2.